The Kier molecular flexibility index (Phi) is 9.70. The van der Waals surface area contributed by atoms with Crippen LogP contribution in [0.4, 0.5) is 0 Å². The Bertz CT molecular complexity index is 1330. The van der Waals surface area contributed by atoms with E-state index in [4.69, 9.17) is 14.2 Å². The molecule has 40 heavy (non-hydrogen) atoms. The Morgan fingerprint density at radius 1 is 0.975 bits per heavy atom. The van der Waals surface area contributed by atoms with Crippen molar-refractivity contribution in [2.45, 2.75) is 58.6 Å². The smallest absolute Gasteiger partial charge is 0.329 e. The van der Waals surface area contributed by atoms with Gasteiger partial charge in [0.1, 0.15) is 12.6 Å². The summed E-state index contributed by atoms with van der Waals surface area (Å²) in [6.45, 7) is 6.88. The fourth-order valence-corrected chi connectivity index (χ4v) is 4.94. The van der Waals surface area contributed by atoms with E-state index in [1.165, 1.54) is 0 Å². The van der Waals surface area contributed by atoms with Crippen molar-refractivity contribution in [2.75, 3.05) is 13.2 Å². The van der Waals surface area contributed by atoms with Crippen LogP contribution in [-0.4, -0.2) is 41.8 Å². The lowest BCUT2D eigenvalue weighted by atomic mass is 9.96. The topological polar surface area (TPSA) is 88.9 Å². The van der Waals surface area contributed by atoms with Crippen molar-refractivity contribution in [2.24, 2.45) is 5.92 Å². The molecule has 208 valence electrons. The average Bonchev–Trinajstić information content (AvgIpc) is 3.41. The Morgan fingerprint density at radius 3 is 2.25 bits per heavy atom. The summed E-state index contributed by atoms with van der Waals surface area (Å²) in [5.41, 5.74) is 3.88. The van der Waals surface area contributed by atoms with Crippen LogP contribution in [0, 0.1) is 17.2 Å². The molecule has 3 aromatic rings. The fraction of sp³-hybridized carbons (Fsp3) is 0.364. The average molecular weight is 541 g/mol. The third-order valence-electron chi connectivity index (χ3n) is 7.09. The molecule has 1 amide bonds. The molecule has 1 atom stereocenters. The van der Waals surface area contributed by atoms with Crippen molar-refractivity contribution in [3.63, 3.8) is 0 Å². The molecule has 4 rings (SSSR count). The largest absolute Gasteiger partial charge is 0.459 e. The third kappa shape index (κ3) is 7.35. The van der Waals surface area contributed by atoms with Gasteiger partial charge in [-0.05, 0) is 41.2 Å². The van der Waals surface area contributed by atoms with Gasteiger partial charge in [0.05, 0.1) is 24.8 Å². The van der Waals surface area contributed by atoms with E-state index in [0.29, 0.717) is 25.2 Å². The van der Waals surface area contributed by atoms with Gasteiger partial charge in [0.2, 0.25) is 5.91 Å². The molecule has 1 aliphatic heterocycles. The van der Waals surface area contributed by atoms with Crippen molar-refractivity contribution in [1.82, 2.24) is 4.90 Å². The molecule has 1 fully saturated rings. The highest BCUT2D eigenvalue weighted by Crippen LogP contribution is 2.28. The molecule has 0 radical (unpaired) electrons. The summed E-state index contributed by atoms with van der Waals surface area (Å²) < 4.78 is 17.1. The summed E-state index contributed by atoms with van der Waals surface area (Å²) in [6.07, 6.45) is 0.501. The van der Waals surface area contributed by atoms with Crippen LogP contribution in [-0.2, 0) is 37.0 Å². The van der Waals surface area contributed by atoms with Crippen molar-refractivity contribution < 1.29 is 23.8 Å². The fourth-order valence-electron chi connectivity index (χ4n) is 4.94. The van der Waals surface area contributed by atoms with E-state index in [2.05, 4.69) is 6.07 Å². The van der Waals surface area contributed by atoms with E-state index >= 15 is 0 Å². The van der Waals surface area contributed by atoms with Gasteiger partial charge < -0.3 is 19.1 Å². The lowest BCUT2D eigenvalue weighted by molar-refractivity contribution is -0.163. The second-order valence-electron chi connectivity index (χ2n) is 10.5. The monoisotopic (exact) mass is 540 g/mol. The molecule has 1 heterocycles. The first kappa shape index (κ1) is 29.0. The minimum Gasteiger partial charge on any atom is -0.459 e. The summed E-state index contributed by atoms with van der Waals surface area (Å²) in [5, 5.41) is 9.91. The zero-order chi connectivity index (χ0) is 28.5. The maximum absolute atomic E-state index is 13.8. The van der Waals surface area contributed by atoms with E-state index in [9.17, 15) is 14.9 Å². The molecule has 0 bridgehead atoms. The maximum Gasteiger partial charge on any atom is 0.329 e. The number of nitriles is 1. The standard InChI is InChI=1S/C33H36N2O5/c1-24(2)31(32(37)38-23-25-10-6-4-7-11-25)35(30(36)16-17-33(3)39-18-19-40-33)22-26-14-15-29(28(20-26)21-34)27-12-8-5-9-13-27/h4-15,20,24,31H,16-19,22-23H2,1-3H3/t31-/m0/s1. The van der Waals surface area contributed by atoms with E-state index in [1.807, 2.05) is 93.6 Å². The second-order valence-corrected chi connectivity index (χ2v) is 10.5. The third-order valence-corrected chi connectivity index (χ3v) is 7.09. The number of carbonyl (C=O) groups excluding carboxylic acids is 2. The van der Waals surface area contributed by atoms with Gasteiger partial charge in [-0.25, -0.2) is 4.79 Å². The molecule has 0 aliphatic carbocycles. The zero-order valence-corrected chi connectivity index (χ0v) is 23.3. The van der Waals surface area contributed by atoms with Gasteiger partial charge >= 0.3 is 5.97 Å². The van der Waals surface area contributed by atoms with Gasteiger partial charge in [-0.1, -0.05) is 86.6 Å². The van der Waals surface area contributed by atoms with E-state index in [0.717, 1.165) is 22.3 Å². The number of hydrogen-bond donors (Lipinski definition) is 0. The van der Waals surface area contributed by atoms with Gasteiger partial charge in [0.25, 0.3) is 0 Å². The molecule has 0 N–H and O–H groups in total. The lowest BCUT2D eigenvalue weighted by Crippen LogP contribution is -2.48. The Hall–Kier alpha value is -3.99. The van der Waals surface area contributed by atoms with Crippen LogP contribution in [0.2, 0.25) is 0 Å². The van der Waals surface area contributed by atoms with E-state index < -0.39 is 17.8 Å². The van der Waals surface area contributed by atoms with Gasteiger partial charge in [-0.2, -0.15) is 5.26 Å². The highest BCUT2D eigenvalue weighted by Gasteiger charge is 2.37. The molecule has 0 aromatic heterocycles. The van der Waals surface area contributed by atoms with Crippen LogP contribution in [0.5, 0.6) is 0 Å². The Morgan fingerprint density at radius 2 is 1.62 bits per heavy atom. The number of nitrogens with zero attached hydrogens (tertiary/aromatic N) is 2. The number of amides is 1. The number of carbonyl (C=O) groups is 2. The summed E-state index contributed by atoms with van der Waals surface area (Å²) in [5.74, 6) is -1.70. The van der Waals surface area contributed by atoms with E-state index in [-0.39, 0.29) is 31.4 Å². The SMILES string of the molecule is CC(C)[C@@H](C(=O)OCc1ccccc1)N(Cc1ccc(-c2ccccc2)c(C#N)c1)C(=O)CCC1(C)OCCO1. The first-order valence-electron chi connectivity index (χ1n) is 13.7. The second kappa shape index (κ2) is 13.4. The van der Waals surface area contributed by atoms with Crippen LogP contribution in [0.3, 0.4) is 0 Å². The van der Waals surface area contributed by atoms with Gasteiger partial charge in [-0.3, -0.25) is 4.79 Å². The Labute approximate surface area is 236 Å². The number of benzene rings is 3. The van der Waals surface area contributed by atoms with Crippen molar-refractivity contribution in [3.8, 4) is 17.2 Å². The highest BCUT2D eigenvalue weighted by atomic mass is 16.7. The molecule has 3 aromatic carbocycles. The minimum absolute atomic E-state index is 0.120. The van der Waals surface area contributed by atoms with Crippen molar-refractivity contribution in [3.05, 3.63) is 95.6 Å². The molecule has 0 unspecified atom stereocenters. The van der Waals surface area contributed by atoms with E-state index in [1.54, 1.807) is 11.0 Å². The number of ether oxygens (including phenoxy) is 3. The highest BCUT2D eigenvalue weighted by molar-refractivity contribution is 5.85. The molecule has 7 nitrogen and oxygen atoms in total. The quantitative estimate of drug-likeness (QED) is 0.283. The lowest BCUT2D eigenvalue weighted by Gasteiger charge is -2.34. The first-order valence-corrected chi connectivity index (χ1v) is 13.7. The molecule has 1 aliphatic rings. The number of hydrogen-bond acceptors (Lipinski definition) is 6. The van der Waals surface area contributed by atoms with Crippen LogP contribution in [0.25, 0.3) is 11.1 Å². The first-order chi connectivity index (χ1) is 19.3. The van der Waals surface area contributed by atoms with Crippen LogP contribution < -0.4 is 0 Å². The van der Waals surface area contributed by atoms with Crippen LogP contribution in [0.15, 0.2) is 78.9 Å². The van der Waals surface area contributed by atoms with Crippen LogP contribution >= 0.6 is 0 Å². The molecular formula is C33H36N2O5. The molecule has 1 saturated heterocycles. The van der Waals surface area contributed by atoms with Crippen molar-refractivity contribution in [1.29, 1.82) is 5.26 Å². The molecule has 0 spiro atoms. The van der Waals surface area contributed by atoms with Crippen LogP contribution in [0.1, 0.15) is 50.3 Å². The maximum atomic E-state index is 13.8. The summed E-state index contributed by atoms with van der Waals surface area (Å²) in [6, 6.07) is 26.2. The molecular weight excluding hydrogens is 504 g/mol. The number of rotatable bonds is 11. The summed E-state index contributed by atoms with van der Waals surface area (Å²) in [7, 11) is 0. The molecule has 0 saturated carbocycles. The van der Waals surface area contributed by atoms with Gasteiger partial charge in [0, 0.05) is 19.4 Å². The van der Waals surface area contributed by atoms with Crippen molar-refractivity contribution >= 4 is 11.9 Å². The predicted octanol–water partition coefficient (Wildman–Crippen LogP) is 5.87. The summed E-state index contributed by atoms with van der Waals surface area (Å²) >= 11 is 0. The number of esters is 1. The molecule has 7 heteroatoms. The zero-order valence-electron chi connectivity index (χ0n) is 23.3. The Balaban J connectivity index is 1.60. The normalized spacial score (nSPS) is 14.9. The summed E-state index contributed by atoms with van der Waals surface area (Å²) in [4.78, 5) is 28.8. The minimum atomic E-state index is -0.826. The predicted molar refractivity (Wildman–Crippen MR) is 152 cm³/mol. The van der Waals surface area contributed by atoms with Gasteiger partial charge in [-0.15, -0.1) is 0 Å². The van der Waals surface area contributed by atoms with Gasteiger partial charge in [0.15, 0.2) is 5.79 Å².